The second-order valence-corrected chi connectivity index (χ2v) is 6.94. The van der Waals surface area contributed by atoms with Gasteiger partial charge in [0.05, 0.1) is 11.3 Å². The third kappa shape index (κ3) is 4.57. The number of aliphatic hydroxyl groups is 1. The predicted octanol–water partition coefficient (Wildman–Crippen LogP) is 4.32. The van der Waals surface area contributed by atoms with Crippen LogP contribution in [0.15, 0.2) is 41.8 Å². The van der Waals surface area contributed by atoms with Gasteiger partial charge in [-0.3, -0.25) is 4.79 Å². The molecule has 158 valence electrons. The number of aromatic nitrogens is 1. The highest BCUT2D eigenvalue weighted by Gasteiger charge is 2.30. The number of ether oxygens (including phenoxy) is 1. The average Bonchev–Trinajstić information content (AvgIpc) is 3.16. The number of primary amides is 1. The number of alkyl halides is 3. The number of amides is 1. The van der Waals surface area contributed by atoms with Crippen LogP contribution in [-0.2, 0) is 6.18 Å². The quantitative estimate of drug-likeness (QED) is 0.555. The maximum Gasteiger partial charge on any atom is 0.416 e. The van der Waals surface area contributed by atoms with Crippen molar-refractivity contribution in [2.75, 3.05) is 6.61 Å². The summed E-state index contributed by atoms with van der Waals surface area (Å²) in [5, 5.41) is 12.0. The van der Waals surface area contributed by atoms with Crippen LogP contribution >= 0.6 is 11.3 Å². The fourth-order valence-electron chi connectivity index (χ4n) is 2.50. The van der Waals surface area contributed by atoms with Crippen molar-refractivity contribution in [3.8, 4) is 16.3 Å². The predicted molar refractivity (Wildman–Crippen MR) is 97.9 cm³/mol. The zero-order chi connectivity index (χ0) is 22.1. The zero-order valence-corrected chi connectivity index (χ0v) is 15.7. The second kappa shape index (κ2) is 8.36. The molecule has 1 atom stereocenters. The molecule has 5 nitrogen and oxygen atoms in total. The Bertz CT molecular complexity index is 1070. The summed E-state index contributed by atoms with van der Waals surface area (Å²) in [7, 11) is 0. The van der Waals surface area contributed by atoms with Gasteiger partial charge < -0.3 is 15.6 Å². The Balaban J connectivity index is 1.71. The van der Waals surface area contributed by atoms with E-state index in [0.29, 0.717) is 10.6 Å². The first kappa shape index (κ1) is 21.7. The highest BCUT2D eigenvalue weighted by atomic mass is 32.1. The molecule has 0 spiro atoms. The van der Waals surface area contributed by atoms with Crippen LogP contribution in [0.4, 0.5) is 22.0 Å². The van der Waals surface area contributed by atoms with E-state index in [1.807, 2.05) is 0 Å². The van der Waals surface area contributed by atoms with E-state index in [-0.39, 0.29) is 5.69 Å². The summed E-state index contributed by atoms with van der Waals surface area (Å²) in [4.78, 5) is 15.3. The van der Waals surface area contributed by atoms with Gasteiger partial charge in [-0.05, 0) is 24.3 Å². The largest absolute Gasteiger partial charge is 0.487 e. The molecule has 1 unspecified atom stereocenters. The van der Waals surface area contributed by atoms with Crippen molar-refractivity contribution in [1.82, 2.24) is 4.98 Å². The van der Waals surface area contributed by atoms with Crippen LogP contribution in [0, 0.1) is 11.6 Å². The number of benzene rings is 2. The number of carbonyl (C=O) groups excluding carboxylic acids is 1. The Kier molecular flexibility index (Phi) is 6.04. The SMILES string of the molecule is NC(=O)c1c(F)ccc(OCC(O)c2csc(-c3ccc(C(F)(F)F)cc3)n2)c1F. The molecule has 3 rings (SSSR count). The summed E-state index contributed by atoms with van der Waals surface area (Å²) in [6, 6.07) is 6.10. The van der Waals surface area contributed by atoms with Gasteiger partial charge in [-0.2, -0.15) is 13.2 Å². The average molecular weight is 444 g/mol. The summed E-state index contributed by atoms with van der Waals surface area (Å²) in [6.45, 7) is -0.475. The Morgan fingerprint density at radius 2 is 1.83 bits per heavy atom. The highest BCUT2D eigenvalue weighted by molar-refractivity contribution is 7.13. The third-order valence-corrected chi connectivity index (χ3v) is 4.93. The van der Waals surface area contributed by atoms with E-state index < -0.39 is 53.3 Å². The minimum absolute atomic E-state index is 0.146. The van der Waals surface area contributed by atoms with Gasteiger partial charge in [0.1, 0.15) is 29.1 Å². The Morgan fingerprint density at radius 1 is 1.17 bits per heavy atom. The molecule has 3 aromatic rings. The topological polar surface area (TPSA) is 85.4 Å². The summed E-state index contributed by atoms with van der Waals surface area (Å²) in [6.07, 6.45) is -5.77. The monoisotopic (exact) mass is 444 g/mol. The van der Waals surface area contributed by atoms with Crippen molar-refractivity contribution >= 4 is 17.2 Å². The van der Waals surface area contributed by atoms with Crippen LogP contribution in [-0.4, -0.2) is 22.6 Å². The number of thiazole rings is 1. The van der Waals surface area contributed by atoms with Crippen molar-refractivity contribution in [3.05, 3.63) is 70.2 Å². The number of hydrogen-bond donors (Lipinski definition) is 2. The van der Waals surface area contributed by atoms with Gasteiger partial charge >= 0.3 is 6.18 Å². The number of aliphatic hydroxyl groups excluding tert-OH is 1. The van der Waals surface area contributed by atoms with Crippen LogP contribution in [0.2, 0.25) is 0 Å². The molecular weight excluding hydrogens is 431 g/mol. The Morgan fingerprint density at radius 3 is 2.43 bits per heavy atom. The van der Waals surface area contributed by atoms with Gasteiger partial charge in [0, 0.05) is 10.9 Å². The molecule has 0 radical (unpaired) electrons. The van der Waals surface area contributed by atoms with Gasteiger partial charge in [0.25, 0.3) is 5.91 Å². The van der Waals surface area contributed by atoms with E-state index in [2.05, 4.69) is 4.98 Å². The number of nitrogens with two attached hydrogens (primary N) is 1. The van der Waals surface area contributed by atoms with Gasteiger partial charge in [-0.25, -0.2) is 13.8 Å². The molecule has 11 heteroatoms. The van der Waals surface area contributed by atoms with E-state index in [9.17, 15) is 31.9 Å². The maximum absolute atomic E-state index is 14.1. The van der Waals surface area contributed by atoms with Gasteiger partial charge in [0.15, 0.2) is 11.6 Å². The van der Waals surface area contributed by atoms with E-state index in [1.54, 1.807) is 0 Å². The molecule has 30 heavy (non-hydrogen) atoms. The van der Waals surface area contributed by atoms with Gasteiger partial charge in [-0.1, -0.05) is 12.1 Å². The molecule has 0 aliphatic rings. The normalized spacial score (nSPS) is 12.6. The summed E-state index contributed by atoms with van der Waals surface area (Å²) >= 11 is 1.08. The van der Waals surface area contributed by atoms with Crippen molar-refractivity contribution < 1.29 is 36.6 Å². The van der Waals surface area contributed by atoms with E-state index in [0.717, 1.165) is 35.6 Å². The molecule has 2 aromatic carbocycles. The van der Waals surface area contributed by atoms with Crippen molar-refractivity contribution in [2.45, 2.75) is 12.3 Å². The molecule has 1 aromatic heterocycles. The molecule has 0 bridgehead atoms. The van der Waals surface area contributed by atoms with Crippen molar-refractivity contribution in [3.63, 3.8) is 0 Å². The number of halogens is 5. The molecule has 3 N–H and O–H groups in total. The Hall–Kier alpha value is -3.05. The molecule has 1 heterocycles. The minimum Gasteiger partial charge on any atom is -0.487 e. The lowest BCUT2D eigenvalue weighted by Crippen LogP contribution is -2.17. The summed E-state index contributed by atoms with van der Waals surface area (Å²) in [5.41, 5.74) is 3.74. The first-order valence-corrected chi connectivity index (χ1v) is 9.17. The highest BCUT2D eigenvalue weighted by Crippen LogP contribution is 2.32. The molecule has 0 aliphatic carbocycles. The maximum atomic E-state index is 14.1. The van der Waals surface area contributed by atoms with Crippen LogP contribution < -0.4 is 10.5 Å². The molecular formula is C19H13F5N2O3S. The molecule has 0 saturated heterocycles. The standard InChI is InChI=1S/C19H13F5N2O3S/c20-11-5-6-14(16(21)15(11)17(25)28)29-7-13(27)12-8-30-18(26-12)9-1-3-10(4-2-9)19(22,23)24/h1-6,8,13,27H,7H2,(H2,25,28). The Labute approximate surface area is 170 Å². The van der Waals surface area contributed by atoms with Crippen LogP contribution in [0.25, 0.3) is 10.6 Å². The minimum atomic E-state index is -4.45. The lowest BCUT2D eigenvalue weighted by atomic mass is 10.1. The number of hydrogen-bond acceptors (Lipinski definition) is 5. The zero-order valence-electron chi connectivity index (χ0n) is 14.9. The van der Waals surface area contributed by atoms with E-state index in [1.165, 1.54) is 17.5 Å². The smallest absolute Gasteiger partial charge is 0.416 e. The van der Waals surface area contributed by atoms with E-state index in [4.69, 9.17) is 10.5 Å². The fourth-order valence-corrected chi connectivity index (χ4v) is 3.37. The summed E-state index contributed by atoms with van der Waals surface area (Å²) in [5.74, 6) is -4.23. The van der Waals surface area contributed by atoms with Crippen LogP contribution in [0.3, 0.4) is 0 Å². The molecule has 1 amide bonds. The van der Waals surface area contributed by atoms with Crippen molar-refractivity contribution in [1.29, 1.82) is 0 Å². The summed E-state index contributed by atoms with van der Waals surface area (Å²) < 4.78 is 70.7. The van der Waals surface area contributed by atoms with Crippen molar-refractivity contribution in [2.24, 2.45) is 5.73 Å². The lowest BCUT2D eigenvalue weighted by Gasteiger charge is -2.12. The van der Waals surface area contributed by atoms with Gasteiger partial charge in [-0.15, -0.1) is 11.3 Å². The van der Waals surface area contributed by atoms with Crippen LogP contribution in [0.5, 0.6) is 5.75 Å². The first-order chi connectivity index (χ1) is 14.1. The lowest BCUT2D eigenvalue weighted by molar-refractivity contribution is -0.137. The number of nitrogens with zero attached hydrogens (tertiary/aromatic N) is 1. The first-order valence-electron chi connectivity index (χ1n) is 8.29. The molecule has 0 aliphatic heterocycles. The van der Waals surface area contributed by atoms with E-state index >= 15 is 0 Å². The molecule has 0 fully saturated rings. The number of carbonyl (C=O) groups is 1. The van der Waals surface area contributed by atoms with Gasteiger partial charge in [0.2, 0.25) is 0 Å². The molecule has 0 saturated carbocycles. The van der Waals surface area contributed by atoms with Crippen LogP contribution in [0.1, 0.15) is 27.7 Å². The third-order valence-electron chi connectivity index (χ3n) is 4.02. The number of rotatable bonds is 6. The second-order valence-electron chi connectivity index (χ2n) is 6.08. The fraction of sp³-hybridized carbons (Fsp3) is 0.158.